The summed E-state index contributed by atoms with van der Waals surface area (Å²) >= 11 is 6.57. The van der Waals surface area contributed by atoms with E-state index in [9.17, 15) is 19.5 Å². The molecule has 3 aliphatic rings. The summed E-state index contributed by atoms with van der Waals surface area (Å²) in [6, 6.07) is 15.9. The van der Waals surface area contributed by atoms with Crippen molar-refractivity contribution in [3.05, 3.63) is 90.5 Å². The molecule has 0 aliphatic carbocycles. The molecule has 234 valence electrons. The van der Waals surface area contributed by atoms with E-state index in [4.69, 9.17) is 16.3 Å². The number of nitrogens with zero attached hydrogens (tertiary/aromatic N) is 3. The number of aliphatic hydroxyl groups is 1. The fourth-order valence-electron chi connectivity index (χ4n) is 7.54. The number of rotatable bonds is 14. The molecule has 3 amide bonds. The van der Waals surface area contributed by atoms with Crippen molar-refractivity contribution in [2.24, 2.45) is 11.8 Å². The molecule has 1 N–H and O–H groups in total. The molecule has 0 aromatic heterocycles. The number of ether oxygens (including phenoxy) is 1. The van der Waals surface area contributed by atoms with Gasteiger partial charge in [-0.2, -0.15) is 0 Å². The zero-order valence-electron chi connectivity index (χ0n) is 25.4. The Labute approximate surface area is 264 Å². The zero-order valence-corrected chi connectivity index (χ0v) is 26.1. The van der Waals surface area contributed by atoms with Gasteiger partial charge in [-0.15, -0.1) is 13.2 Å². The van der Waals surface area contributed by atoms with Crippen LogP contribution in [0.25, 0.3) is 0 Å². The van der Waals surface area contributed by atoms with Gasteiger partial charge >= 0.3 is 0 Å². The smallest absolute Gasteiger partial charge is 0.253 e. The summed E-state index contributed by atoms with van der Waals surface area (Å²) in [7, 11) is 0. The first kappa shape index (κ1) is 31.9. The van der Waals surface area contributed by atoms with E-state index in [1.807, 2.05) is 43.3 Å². The average molecular weight is 620 g/mol. The number of aliphatic hydroxyl groups excluding tert-OH is 1. The first-order valence-electron chi connectivity index (χ1n) is 15.4. The van der Waals surface area contributed by atoms with E-state index in [2.05, 4.69) is 13.2 Å². The molecule has 2 bridgehead atoms. The van der Waals surface area contributed by atoms with E-state index < -0.39 is 29.1 Å². The molecule has 44 heavy (non-hydrogen) atoms. The third-order valence-corrected chi connectivity index (χ3v) is 9.75. The number of likely N-dealkylation sites (tertiary alicyclic amines) is 1. The lowest BCUT2D eigenvalue weighted by atomic mass is 9.66. The van der Waals surface area contributed by atoms with Crippen LogP contribution >= 0.6 is 11.6 Å². The maximum absolute atomic E-state index is 14.7. The van der Waals surface area contributed by atoms with Crippen molar-refractivity contribution >= 4 is 35.0 Å². The van der Waals surface area contributed by atoms with Crippen LogP contribution in [0.15, 0.2) is 79.9 Å². The predicted molar refractivity (Wildman–Crippen MR) is 171 cm³/mol. The summed E-state index contributed by atoms with van der Waals surface area (Å²) in [6.07, 6.45) is 6.27. The molecule has 0 saturated carbocycles. The largest absolute Gasteiger partial charge is 0.396 e. The molecule has 3 aliphatic heterocycles. The van der Waals surface area contributed by atoms with Gasteiger partial charge in [-0.1, -0.05) is 66.2 Å². The first-order chi connectivity index (χ1) is 21.2. The van der Waals surface area contributed by atoms with Crippen molar-refractivity contribution in [1.82, 2.24) is 9.80 Å². The molecule has 0 radical (unpaired) electrons. The van der Waals surface area contributed by atoms with Gasteiger partial charge in [-0.25, -0.2) is 0 Å². The summed E-state index contributed by atoms with van der Waals surface area (Å²) in [5.41, 5.74) is -0.559. The van der Waals surface area contributed by atoms with E-state index >= 15 is 0 Å². The van der Waals surface area contributed by atoms with Gasteiger partial charge < -0.3 is 24.5 Å². The van der Waals surface area contributed by atoms with Crippen LogP contribution in [0.1, 0.15) is 44.6 Å². The highest BCUT2D eigenvalue weighted by Crippen LogP contribution is 2.63. The highest BCUT2D eigenvalue weighted by atomic mass is 35.5. The zero-order chi connectivity index (χ0) is 31.5. The Morgan fingerprint density at radius 2 is 1.73 bits per heavy atom. The van der Waals surface area contributed by atoms with Crippen molar-refractivity contribution in [3.63, 3.8) is 0 Å². The second-order valence-electron chi connectivity index (χ2n) is 12.2. The minimum absolute atomic E-state index is 0.0566. The number of hydrogen-bond acceptors (Lipinski definition) is 5. The van der Waals surface area contributed by atoms with Crippen LogP contribution in [-0.4, -0.2) is 76.1 Å². The molecule has 5 rings (SSSR count). The lowest BCUT2D eigenvalue weighted by Crippen LogP contribution is -2.56. The number of amides is 3. The van der Waals surface area contributed by atoms with Gasteiger partial charge in [0.15, 0.2) is 0 Å². The van der Waals surface area contributed by atoms with Gasteiger partial charge in [0, 0.05) is 32.8 Å². The Morgan fingerprint density at radius 3 is 2.41 bits per heavy atom. The van der Waals surface area contributed by atoms with Crippen molar-refractivity contribution in [2.75, 3.05) is 31.1 Å². The van der Waals surface area contributed by atoms with Crippen LogP contribution in [0.4, 0.5) is 5.69 Å². The minimum atomic E-state index is -1.16. The number of fused-ring (bicyclic) bond motifs is 1. The fraction of sp³-hybridized carbons (Fsp3) is 0.457. The maximum atomic E-state index is 14.7. The lowest BCUT2D eigenvalue weighted by Gasteiger charge is -2.37. The minimum Gasteiger partial charge on any atom is -0.396 e. The molecular weight excluding hydrogens is 578 g/mol. The predicted octanol–water partition coefficient (Wildman–Crippen LogP) is 5.00. The SMILES string of the molecule is C=CCN(Cc1ccccc1)C(=O)[C@@H]1[C@H]2C(=O)N(CCCCCO)C(C(=O)N(CC=C)c3ccccc3Cl)C23CC[C@@]1(C)O3. The monoisotopic (exact) mass is 619 g/mol. The van der Waals surface area contributed by atoms with Gasteiger partial charge in [0.25, 0.3) is 5.91 Å². The number of carbonyl (C=O) groups excluding carboxylic acids is 3. The standard InChI is InChI=1S/C35H42ClN3O5/c1-4-20-37(24-25-14-8-6-9-15-25)31(41)28-29-32(42)39(22-12-7-13-23-40)30(35(29)19-18-34(28,3)44-35)33(43)38(21-5-2)27-17-11-10-16-26(27)36/h4-6,8-11,14-17,28-30,40H,1-2,7,12-13,18-24H2,3H3/t28-,29-,30?,34+,35?/m0/s1. The fourth-order valence-corrected chi connectivity index (χ4v) is 7.77. The van der Waals surface area contributed by atoms with Gasteiger partial charge in [0.2, 0.25) is 11.8 Å². The van der Waals surface area contributed by atoms with Crippen LogP contribution in [0.5, 0.6) is 0 Å². The van der Waals surface area contributed by atoms with E-state index in [-0.39, 0.29) is 30.9 Å². The highest BCUT2D eigenvalue weighted by molar-refractivity contribution is 6.34. The second kappa shape index (κ2) is 13.3. The molecule has 8 nitrogen and oxygen atoms in total. The molecular formula is C35H42ClN3O5. The Balaban J connectivity index is 1.55. The van der Waals surface area contributed by atoms with E-state index in [1.165, 1.54) is 0 Å². The van der Waals surface area contributed by atoms with Crippen LogP contribution in [0.3, 0.4) is 0 Å². The number of para-hydroxylation sites is 1. The number of hydrogen-bond donors (Lipinski definition) is 1. The summed E-state index contributed by atoms with van der Waals surface area (Å²) in [4.78, 5) is 48.6. The molecule has 3 fully saturated rings. The van der Waals surface area contributed by atoms with Crippen LogP contribution in [0, 0.1) is 11.8 Å². The number of anilines is 1. The quantitative estimate of drug-likeness (QED) is 0.237. The van der Waals surface area contributed by atoms with Gasteiger partial charge in [0.05, 0.1) is 28.1 Å². The van der Waals surface area contributed by atoms with E-state index in [1.54, 1.807) is 45.1 Å². The number of benzene rings is 2. The van der Waals surface area contributed by atoms with E-state index in [0.29, 0.717) is 62.4 Å². The third kappa shape index (κ3) is 5.59. The molecule has 1 spiro atoms. The summed E-state index contributed by atoms with van der Waals surface area (Å²) in [5.74, 6) is -2.26. The summed E-state index contributed by atoms with van der Waals surface area (Å²) in [5, 5.41) is 9.75. The molecule has 9 heteroatoms. The molecule has 2 unspecified atom stereocenters. The first-order valence-corrected chi connectivity index (χ1v) is 15.8. The van der Waals surface area contributed by atoms with E-state index in [0.717, 1.165) is 5.56 Å². The number of carbonyl (C=O) groups is 3. The lowest BCUT2D eigenvalue weighted by molar-refractivity contribution is -0.150. The average Bonchev–Trinajstić information content (AvgIpc) is 3.58. The number of unbranched alkanes of at least 4 members (excludes halogenated alkanes) is 2. The topological polar surface area (TPSA) is 90.4 Å². The maximum Gasteiger partial charge on any atom is 0.253 e. The van der Waals surface area contributed by atoms with Gasteiger partial charge in [-0.3, -0.25) is 14.4 Å². The Kier molecular flexibility index (Phi) is 9.63. The van der Waals surface area contributed by atoms with Crippen LogP contribution < -0.4 is 4.90 Å². The Morgan fingerprint density at radius 1 is 1.02 bits per heavy atom. The molecule has 3 saturated heterocycles. The van der Waals surface area contributed by atoms with Crippen LogP contribution in [0.2, 0.25) is 5.02 Å². The molecule has 3 heterocycles. The second-order valence-corrected chi connectivity index (χ2v) is 12.6. The molecule has 5 atom stereocenters. The summed E-state index contributed by atoms with van der Waals surface area (Å²) < 4.78 is 6.86. The third-order valence-electron chi connectivity index (χ3n) is 9.43. The van der Waals surface area contributed by atoms with Crippen molar-refractivity contribution < 1.29 is 24.2 Å². The van der Waals surface area contributed by atoms with Gasteiger partial charge in [0.1, 0.15) is 11.6 Å². The van der Waals surface area contributed by atoms with Crippen molar-refractivity contribution in [1.29, 1.82) is 0 Å². The normalized spacial score (nSPS) is 26.8. The van der Waals surface area contributed by atoms with Crippen LogP contribution in [-0.2, 0) is 25.7 Å². The van der Waals surface area contributed by atoms with Crippen molar-refractivity contribution in [3.8, 4) is 0 Å². The number of halogens is 1. The Bertz CT molecular complexity index is 1400. The van der Waals surface area contributed by atoms with Gasteiger partial charge in [-0.05, 0) is 56.7 Å². The molecule has 2 aromatic rings. The molecule has 2 aromatic carbocycles. The summed E-state index contributed by atoms with van der Waals surface area (Å²) in [6.45, 7) is 10.9. The Hall–Kier alpha value is -3.46. The highest BCUT2D eigenvalue weighted by Gasteiger charge is 2.78. The van der Waals surface area contributed by atoms with Crippen molar-refractivity contribution in [2.45, 2.75) is 62.8 Å².